The van der Waals surface area contributed by atoms with E-state index < -0.39 is 0 Å². The fourth-order valence-corrected chi connectivity index (χ4v) is 3.57. The molecule has 1 unspecified atom stereocenters. The minimum atomic E-state index is -0.0554. The molecule has 1 atom stereocenters. The monoisotopic (exact) mass is 308 g/mol. The molecule has 0 amide bonds. The molecule has 3 heterocycles. The summed E-state index contributed by atoms with van der Waals surface area (Å²) in [6.07, 6.45) is 4.41. The van der Waals surface area contributed by atoms with Crippen LogP contribution in [0.2, 0.25) is 0 Å². The molecule has 23 heavy (non-hydrogen) atoms. The third kappa shape index (κ3) is 2.57. The third-order valence-electron chi connectivity index (χ3n) is 4.70. The van der Waals surface area contributed by atoms with E-state index in [1.54, 1.807) is 0 Å². The van der Waals surface area contributed by atoms with Gasteiger partial charge < -0.3 is 9.55 Å². The average Bonchev–Trinajstić information content (AvgIpc) is 3.16. The molecule has 1 aliphatic rings. The number of likely N-dealkylation sites (tertiary alicyclic amines) is 1. The van der Waals surface area contributed by atoms with Gasteiger partial charge in [-0.1, -0.05) is 12.1 Å². The molecule has 0 radical (unpaired) electrons. The highest BCUT2D eigenvalue weighted by molar-refractivity contribution is 5.77. The van der Waals surface area contributed by atoms with E-state index in [1.807, 2.05) is 24.3 Å². The van der Waals surface area contributed by atoms with Gasteiger partial charge >= 0.3 is 0 Å². The Bertz CT molecular complexity index is 895. The van der Waals surface area contributed by atoms with Crippen LogP contribution in [0.1, 0.15) is 30.4 Å². The minimum Gasteiger partial charge on any atom is -0.353 e. The Morgan fingerprint density at radius 2 is 2.13 bits per heavy atom. The molecule has 0 saturated carbocycles. The van der Waals surface area contributed by atoms with E-state index in [0.29, 0.717) is 18.0 Å². The van der Waals surface area contributed by atoms with Crippen LogP contribution in [0.4, 0.5) is 0 Å². The van der Waals surface area contributed by atoms with Crippen molar-refractivity contribution >= 4 is 10.9 Å². The number of aryl methyl sites for hydroxylation is 1. The van der Waals surface area contributed by atoms with E-state index in [4.69, 9.17) is 0 Å². The van der Waals surface area contributed by atoms with Gasteiger partial charge in [0.25, 0.3) is 5.56 Å². The smallest absolute Gasteiger partial charge is 0.258 e. The molecule has 5 nitrogen and oxygen atoms in total. The Hall–Kier alpha value is -2.40. The summed E-state index contributed by atoms with van der Waals surface area (Å²) in [6, 6.07) is 12.2. The topological polar surface area (TPSA) is 53.9 Å². The van der Waals surface area contributed by atoms with Crippen molar-refractivity contribution < 1.29 is 0 Å². The van der Waals surface area contributed by atoms with Gasteiger partial charge in [0, 0.05) is 18.9 Å². The largest absolute Gasteiger partial charge is 0.353 e. The predicted molar refractivity (Wildman–Crippen MR) is 90.2 cm³/mol. The first-order valence-corrected chi connectivity index (χ1v) is 8.05. The molecule has 4 rings (SSSR count). The zero-order valence-electron chi connectivity index (χ0n) is 13.2. The first-order chi connectivity index (χ1) is 11.2. The first-order valence-electron chi connectivity index (χ1n) is 8.05. The van der Waals surface area contributed by atoms with Crippen molar-refractivity contribution in [3.8, 4) is 0 Å². The lowest BCUT2D eigenvalue weighted by Crippen LogP contribution is -2.26. The lowest BCUT2D eigenvalue weighted by Gasteiger charge is -2.24. The van der Waals surface area contributed by atoms with Crippen molar-refractivity contribution in [3.05, 3.63) is 64.5 Å². The van der Waals surface area contributed by atoms with Gasteiger partial charge in [0.1, 0.15) is 5.82 Å². The van der Waals surface area contributed by atoms with Gasteiger partial charge in [0.15, 0.2) is 0 Å². The molecule has 1 N–H and O–H groups in total. The molecule has 0 bridgehead atoms. The van der Waals surface area contributed by atoms with Crippen LogP contribution in [-0.2, 0) is 13.6 Å². The van der Waals surface area contributed by atoms with Gasteiger partial charge in [-0.15, -0.1) is 0 Å². The Labute approximate surface area is 134 Å². The van der Waals surface area contributed by atoms with E-state index in [0.717, 1.165) is 24.3 Å². The second kappa shape index (κ2) is 5.66. The highest BCUT2D eigenvalue weighted by Gasteiger charge is 2.28. The number of para-hydroxylation sites is 1. The van der Waals surface area contributed by atoms with Crippen LogP contribution in [0.5, 0.6) is 0 Å². The van der Waals surface area contributed by atoms with Crippen LogP contribution in [0.3, 0.4) is 0 Å². The van der Waals surface area contributed by atoms with E-state index in [9.17, 15) is 4.79 Å². The maximum absolute atomic E-state index is 12.2. The fraction of sp³-hybridized carbons (Fsp3) is 0.333. The molecule has 3 aromatic rings. The second-order valence-corrected chi connectivity index (χ2v) is 6.20. The summed E-state index contributed by atoms with van der Waals surface area (Å²) < 4.78 is 2.18. The quantitative estimate of drug-likeness (QED) is 0.809. The summed E-state index contributed by atoms with van der Waals surface area (Å²) in [6.45, 7) is 1.71. The summed E-state index contributed by atoms with van der Waals surface area (Å²) >= 11 is 0. The number of hydrogen-bond donors (Lipinski definition) is 1. The number of nitrogens with one attached hydrogen (secondary N) is 1. The number of hydrogen-bond acceptors (Lipinski definition) is 3. The molecular weight excluding hydrogens is 288 g/mol. The predicted octanol–water partition coefficient (Wildman–Crippen LogP) is 2.60. The normalized spacial score (nSPS) is 18.7. The SMILES string of the molecule is Cn1cccc1C1CCCN1Cc1nc2ccccc2c(=O)[nH]1. The van der Waals surface area contributed by atoms with Crippen molar-refractivity contribution in [2.45, 2.75) is 25.4 Å². The third-order valence-corrected chi connectivity index (χ3v) is 4.70. The molecule has 1 aromatic carbocycles. The summed E-state index contributed by atoms with van der Waals surface area (Å²) in [5, 5.41) is 0.650. The van der Waals surface area contributed by atoms with Crippen LogP contribution >= 0.6 is 0 Å². The maximum atomic E-state index is 12.2. The molecule has 118 valence electrons. The molecule has 5 heteroatoms. The van der Waals surface area contributed by atoms with E-state index in [2.05, 4.69) is 44.8 Å². The zero-order valence-corrected chi connectivity index (χ0v) is 13.2. The van der Waals surface area contributed by atoms with Crippen LogP contribution in [0.15, 0.2) is 47.4 Å². The number of H-pyrrole nitrogens is 1. The summed E-state index contributed by atoms with van der Waals surface area (Å²) in [5.74, 6) is 0.745. The number of aromatic nitrogens is 3. The zero-order chi connectivity index (χ0) is 15.8. The lowest BCUT2D eigenvalue weighted by atomic mass is 10.1. The summed E-state index contributed by atoms with van der Waals surface area (Å²) in [4.78, 5) is 22.2. The minimum absolute atomic E-state index is 0.0554. The van der Waals surface area contributed by atoms with Crippen molar-refractivity contribution in [1.82, 2.24) is 19.4 Å². The standard InChI is InChI=1S/C18H20N4O/c1-21-10-4-8-15(21)16-9-5-11-22(16)12-17-19-14-7-3-2-6-13(14)18(23)20-17/h2-4,6-8,10,16H,5,9,11-12H2,1H3,(H,19,20,23). The Balaban J connectivity index is 1.65. The molecule has 1 aliphatic heterocycles. The first kappa shape index (κ1) is 14.2. The molecule has 2 aromatic heterocycles. The van der Waals surface area contributed by atoms with Crippen molar-refractivity contribution in [3.63, 3.8) is 0 Å². The van der Waals surface area contributed by atoms with Gasteiger partial charge in [0.2, 0.25) is 0 Å². The highest BCUT2D eigenvalue weighted by atomic mass is 16.1. The van der Waals surface area contributed by atoms with E-state index >= 15 is 0 Å². The van der Waals surface area contributed by atoms with Crippen LogP contribution < -0.4 is 5.56 Å². The van der Waals surface area contributed by atoms with Gasteiger partial charge in [-0.3, -0.25) is 9.69 Å². The van der Waals surface area contributed by atoms with E-state index in [1.165, 1.54) is 12.1 Å². The Morgan fingerprint density at radius 3 is 2.96 bits per heavy atom. The molecule has 0 aliphatic carbocycles. The van der Waals surface area contributed by atoms with Crippen LogP contribution in [0.25, 0.3) is 10.9 Å². The fourth-order valence-electron chi connectivity index (χ4n) is 3.57. The Morgan fingerprint density at radius 1 is 1.26 bits per heavy atom. The van der Waals surface area contributed by atoms with Gasteiger partial charge in [0.05, 0.1) is 23.5 Å². The molecule has 1 saturated heterocycles. The van der Waals surface area contributed by atoms with Gasteiger partial charge in [-0.05, 0) is 43.7 Å². The maximum Gasteiger partial charge on any atom is 0.258 e. The van der Waals surface area contributed by atoms with Crippen molar-refractivity contribution in [2.75, 3.05) is 6.54 Å². The van der Waals surface area contributed by atoms with E-state index in [-0.39, 0.29) is 5.56 Å². The molecular formula is C18H20N4O. The molecule has 1 fully saturated rings. The lowest BCUT2D eigenvalue weighted by molar-refractivity contribution is 0.235. The van der Waals surface area contributed by atoms with Crippen molar-refractivity contribution in [1.29, 1.82) is 0 Å². The molecule has 0 spiro atoms. The van der Waals surface area contributed by atoms with Crippen molar-refractivity contribution in [2.24, 2.45) is 7.05 Å². The number of nitrogens with zero attached hydrogens (tertiary/aromatic N) is 3. The van der Waals surface area contributed by atoms with Gasteiger partial charge in [-0.25, -0.2) is 4.98 Å². The van der Waals surface area contributed by atoms with Crippen LogP contribution in [0, 0.1) is 0 Å². The highest BCUT2D eigenvalue weighted by Crippen LogP contribution is 2.32. The Kier molecular flexibility index (Phi) is 3.50. The van der Waals surface area contributed by atoms with Gasteiger partial charge in [-0.2, -0.15) is 0 Å². The number of benzene rings is 1. The number of rotatable bonds is 3. The number of aromatic amines is 1. The average molecular weight is 308 g/mol. The van der Waals surface area contributed by atoms with Crippen LogP contribution in [-0.4, -0.2) is 26.0 Å². The second-order valence-electron chi connectivity index (χ2n) is 6.20. The summed E-state index contributed by atoms with van der Waals surface area (Å²) in [5.41, 5.74) is 2.03. The number of fused-ring (bicyclic) bond motifs is 1. The summed E-state index contributed by atoms with van der Waals surface area (Å²) in [7, 11) is 2.09.